The lowest BCUT2D eigenvalue weighted by Gasteiger charge is -2.37. The maximum absolute atomic E-state index is 13.6. The average Bonchev–Trinajstić information content (AvgIpc) is 3.53. The SMILES string of the molecule is CC(C)(C)OC(=O)n1c(=O)[nH]cc(C[C@H]2C[C@@H](OS(=O)(=O)c3ccc([N+](=O)[O-])cc3)[C@@H](COC(c3ccccc3)(c3ccccc3)c3ccccc3)O2)c1=O. The van der Waals surface area contributed by atoms with Gasteiger partial charge < -0.3 is 19.2 Å². The molecule has 0 bridgehead atoms. The predicted molar refractivity (Wildman–Crippen MR) is 200 cm³/mol. The Hall–Kier alpha value is -5.74. The van der Waals surface area contributed by atoms with E-state index in [4.69, 9.17) is 18.4 Å². The van der Waals surface area contributed by atoms with Gasteiger partial charge in [-0.05, 0) is 49.6 Å². The summed E-state index contributed by atoms with van der Waals surface area (Å²) in [5.74, 6) is 0. The van der Waals surface area contributed by atoms with E-state index in [1.165, 1.54) is 6.20 Å². The normalized spacial score (nSPS) is 17.5. The molecule has 0 radical (unpaired) electrons. The third kappa shape index (κ3) is 8.65. The number of ether oxygens (including phenoxy) is 3. The highest BCUT2D eigenvalue weighted by molar-refractivity contribution is 7.86. The van der Waals surface area contributed by atoms with Crippen LogP contribution in [0.25, 0.3) is 0 Å². The second kappa shape index (κ2) is 15.9. The predicted octanol–water partition coefficient (Wildman–Crippen LogP) is 5.71. The number of H-pyrrole nitrogens is 1. The Labute approximate surface area is 316 Å². The maximum atomic E-state index is 13.6. The zero-order valence-electron chi connectivity index (χ0n) is 30.2. The first-order chi connectivity index (χ1) is 26.2. The first-order valence-corrected chi connectivity index (χ1v) is 18.8. The van der Waals surface area contributed by atoms with Crippen LogP contribution in [0.5, 0.6) is 0 Å². The molecular formula is C40H39N3O11S. The molecule has 1 aliphatic heterocycles. The number of nitro groups is 1. The molecule has 0 aliphatic carbocycles. The lowest BCUT2D eigenvalue weighted by atomic mass is 9.80. The van der Waals surface area contributed by atoms with Crippen molar-refractivity contribution in [3.05, 3.63) is 175 Å². The summed E-state index contributed by atoms with van der Waals surface area (Å²) in [6.07, 6.45) is -3.24. The monoisotopic (exact) mass is 769 g/mol. The Bertz CT molecular complexity index is 2260. The van der Waals surface area contributed by atoms with Crippen molar-refractivity contribution in [2.24, 2.45) is 0 Å². The highest BCUT2D eigenvalue weighted by Crippen LogP contribution is 2.41. The quantitative estimate of drug-likeness (QED) is 0.0709. The van der Waals surface area contributed by atoms with Crippen LogP contribution < -0.4 is 11.2 Å². The van der Waals surface area contributed by atoms with Crippen LogP contribution in [-0.2, 0) is 40.5 Å². The third-order valence-corrected chi connectivity index (χ3v) is 10.3. The van der Waals surface area contributed by atoms with Gasteiger partial charge in [-0.2, -0.15) is 13.0 Å². The van der Waals surface area contributed by atoms with Crippen LogP contribution in [0.4, 0.5) is 10.5 Å². The molecule has 1 aromatic heterocycles. The van der Waals surface area contributed by atoms with Crippen LogP contribution >= 0.6 is 0 Å². The molecule has 0 unspecified atom stereocenters. The van der Waals surface area contributed by atoms with Gasteiger partial charge in [0.05, 0.1) is 22.5 Å². The van der Waals surface area contributed by atoms with E-state index in [9.17, 15) is 32.9 Å². The molecule has 0 amide bonds. The van der Waals surface area contributed by atoms with Gasteiger partial charge in [0.2, 0.25) is 0 Å². The van der Waals surface area contributed by atoms with Gasteiger partial charge in [0.1, 0.15) is 23.4 Å². The molecule has 2 heterocycles. The van der Waals surface area contributed by atoms with Crippen molar-refractivity contribution >= 4 is 21.9 Å². The van der Waals surface area contributed by atoms with Crippen molar-refractivity contribution in [1.82, 2.24) is 9.55 Å². The number of hydrogen-bond donors (Lipinski definition) is 1. The van der Waals surface area contributed by atoms with E-state index in [0.717, 1.165) is 41.0 Å². The van der Waals surface area contributed by atoms with E-state index in [0.29, 0.717) is 4.57 Å². The number of nitrogens with zero attached hydrogens (tertiary/aromatic N) is 2. The number of non-ortho nitro benzene ring substituents is 1. The molecule has 55 heavy (non-hydrogen) atoms. The Morgan fingerprint density at radius 3 is 1.89 bits per heavy atom. The molecular weight excluding hydrogens is 731 g/mol. The second-order valence-electron chi connectivity index (χ2n) is 13.9. The first kappa shape index (κ1) is 39.0. The second-order valence-corrected chi connectivity index (χ2v) is 15.5. The molecule has 5 aromatic rings. The van der Waals surface area contributed by atoms with E-state index in [1.54, 1.807) is 20.8 Å². The van der Waals surface area contributed by atoms with Crippen molar-refractivity contribution in [3.8, 4) is 0 Å². The van der Waals surface area contributed by atoms with Gasteiger partial charge in [0.15, 0.2) is 0 Å². The van der Waals surface area contributed by atoms with Crippen LogP contribution in [0.2, 0.25) is 0 Å². The van der Waals surface area contributed by atoms with Gasteiger partial charge in [-0.3, -0.25) is 19.1 Å². The number of carbonyl (C=O) groups is 1. The van der Waals surface area contributed by atoms with Crippen molar-refractivity contribution < 1.29 is 36.5 Å². The van der Waals surface area contributed by atoms with Crippen LogP contribution in [0, 0.1) is 10.1 Å². The summed E-state index contributed by atoms with van der Waals surface area (Å²) in [7, 11) is -4.51. The van der Waals surface area contributed by atoms with Crippen molar-refractivity contribution in [2.75, 3.05) is 6.61 Å². The minimum Gasteiger partial charge on any atom is -0.443 e. The van der Waals surface area contributed by atoms with Crippen LogP contribution in [0.1, 0.15) is 49.4 Å². The molecule has 1 N–H and O–H groups in total. The van der Waals surface area contributed by atoms with Crippen LogP contribution in [0.3, 0.4) is 0 Å². The number of carbonyl (C=O) groups excluding carboxylic acids is 1. The summed E-state index contributed by atoms with van der Waals surface area (Å²) in [6, 6.07) is 32.8. The molecule has 1 fully saturated rings. The molecule has 1 saturated heterocycles. The van der Waals surface area contributed by atoms with Gasteiger partial charge >= 0.3 is 11.8 Å². The minimum absolute atomic E-state index is 0.00112. The molecule has 3 atom stereocenters. The summed E-state index contributed by atoms with van der Waals surface area (Å²) >= 11 is 0. The summed E-state index contributed by atoms with van der Waals surface area (Å²) in [4.78, 5) is 51.5. The molecule has 15 heteroatoms. The Morgan fingerprint density at radius 2 is 1.40 bits per heavy atom. The van der Waals surface area contributed by atoms with E-state index in [1.807, 2.05) is 91.0 Å². The highest BCUT2D eigenvalue weighted by atomic mass is 32.2. The molecule has 14 nitrogen and oxygen atoms in total. The lowest BCUT2D eigenvalue weighted by Crippen LogP contribution is -2.44. The summed E-state index contributed by atoms with van der Waals surface area (Å²) in [5, 5.41) is 11.2. The lowest BCUT2D eigenvalue weighted by molar-refractivity contribution is -0.384. The smallest absolute Gasteiger partial charge is 0.425 e. The van der Waals surface area contributed by atoms with Crippen molar-refractivity contribution in [1.29, 1.82) is 0 Å². The highest BCUT2D eigenvalue weighted by Gasteiger charge is 2.44. The molecule has 286 valence electrons. The number of aromatic nitrogens is 2. The van der Waals surface area contributed by atoms with E-state index in [-0.39, 0.29) is 35.6 Å². The van der Waals surface area contributed by atoms with Gasteiger partial charge in [0.25, 0.3) is 21.4 Å². The molecule has 6 rings (SSSR count). The number of hydrogen-bond acceptors (Lipinski definition) is 11. The number of nitro benzene ring substituents is 1. The topological polar surface area (TPSA) is 186 Å². The number of benzene rings is 4. The largest absolute Gasteiger partial charge is 0.443 e. The Kier molecular flexibility index (Phi) is 11.3. The summed E-state index contributed by atoms with van der Waals surface area (Å²) in [5.41, 5.74) is -2.05. The minimum atomic E-state index is -4.51. The average molecular weight is 770 g/mol. The first-order valence-electron chi connectivity index (χ1n) is 17.4. The number of aromatic amines is 1. The van der Waals surface area contributed by atoms with Crippen LogP contribution in [-0.4, -0.2) is 59.5 Å². The molecule has 1 aliphatic rings. The summed E-state index contributed by atoms with van der Waals surface area (Å²) in [6.45, 7) is 4.57. The number of nitrogens with one attached hydrogen (secondary N) is 1. The molecule has 4 aromatic carbocycles. The third-order valence-electron chi connectivity index (χ3n) is 8.94. The molecule has 0 saturated carbocycles. The van der Waals surface area contributed by atoms with Crippen molar-refractivity contribution in [3.63, 3.8) is 0 Å². The number of rotatable bonds is 12. The van der Waals surface area contributed by atoms with Gasteiger partial charge in [-0.1, -0.05) is 91.0 Å². The Balaban J connectivity index is 1.36. The van der Waals surface area contributed by atoms with Gasteiger partial charge in [-0.25, -0.2) is 9.59 Å². The van der Waals surface area contributed by atoms with Gasteiger partial charge in [0, 0.05) is 36.7 Å². The van der Waals surface area contributed by atoms with Crippen LogP contribution in [0.15, 0.2) is 136 Å². The zero-order chi connectivity index (χ0) is 39.4. The fourth-order valence-electron chi connectivity index (χ4n) is 6.48. The van der Waals surface area contributed by atoms with E-state index in [2.05, 4.69) is 4.98 Å². The fraction of sp³-hybridized carbons (Fsp3) is 0.275. The molecule has 0 spiro atoms. The van der Waals surface area contributed by atoms with Crippen molar-refractivity contribution in [2.45, 2.75) is 68.0 Å². The zero-order valence-corrected chi connectivity index (χ0v) is 31.0. The summed E-state index contributed by atoms with van der Waals surface area (Å²) < 4.78 is 52.1. The van der Waals surface area contributed by atoms with Gasteiger partial charge in [-0.15, -0.1) is 0 Å². The van der Waals surface area contributed by atoms with E-state index < -0.39 is 61.9 Å². The maximum Gasteiger partial charge on any atom is 0.425 e. The Morgan fingerprint density at radius 1 is 0.873 bits per heavy atom. The fourth-order valence-corrected chi connectivity index (χ4v) is 7.59. The van der Waals surface area contributed by atoms with E-state index >= 15 is 0 Å². The standard InChI is InChI=1S/C40H39N3O11S/c1-39(2,3)53-38(46)42-36(44)27(25-41-37(42)45)23-32-24-34(54-55(49,50)33-21-19-31(20-22-33)43(47)48)35(52-32)26-51-40(28-13-7-4-8-14-28,29-15-9-5-10-16-29)30-17-11-6-12-18-30/h4-22,25,32,34-35H,23-24,26H2,1-3H3,(H,41,45)/t32-,34+,35+/m0/s1.